The smallest absolute Gasteiger partial charge is 0.338 e. The van der Waals surface area contributed by atoms with Crippen molar-refractivity contribution in [3.63, 3.8) is 0 Å². The molecule has 0 bridgehead atoms. The van der Waals surface area contributed by atoms with Crippen LogP contribution in [0, 0.1) is 0 Å². The lowest BCUT2D eigenvalue weighted by Gasteiger charge is -2.28. The van der Waals surface area contributed by atoms with Crippen molar-refractivity contribution in [2.75, 3.05) is 13.2 Å². The molecule has 0 saturated carbocycles. The number of ether oxygens (including phenoxy) is 1. The molecule has 0 atom stereocenters. The van der Waals surface area contributed by atoms with E-state index in [9.17, 15) is 14.4 Å². The number of hydrogen-bond donors (Lipinski definition) is 1. The summed E-state index contributed by atoms with van der Waals surface area (Å²) in [6.45, 7) is 0.794. The topological polar surface area (TPSA) is 89.7 Å². The van der Waals surface area contributed by atoms with E-state index in [4.69, 9.17) is 10.5 Å². The highest BCUT2D eigenvalue weighted by Crippen LogP contribution is 2.18. The second kappa shape index (κ2) is 7.82. The fourth-order valence-electron chi connectivity index (χ4n) is 3.07. The molecule has 3 rings (SSSR count). The maximum atomic E-state index is 12.4. The molecule has 2 aromatic carbocycles. The van der Waals surface area contributed by atoms with Gasteiger partial charge in [0, 0.05) is 13.1 Å². The molecule has 1 aliphatic heterocycles. The first-order chi connectivity index (χ1) is 12.5. The Hall–Kier alpha value is -3.15. The van der Waals surface area contributed by atoms with Crippen molar-refractivity contribution in [3.8, 4) is 0 Å². The molecule has 2 N–H and O–H groups in total. The second-order valence-electron chi connectivity index (χ2n) is 6.21. The summed E-state index contributed by atoms with van der Waals surface area (Å²) in [6.07, 6.45) is 0.736. The van der Waals surface area contributed by atoms with Crippen molar-refractivity contribution < 1.29 is 19.1 Å². The molecule has 0 saturated heterocycles. The highest BCUT2D eigenvalue weighted by atomic mass is 16.5. The molecule has 6 heteroatoms. The zero-order valence-corrected chi connectivity index (χ0v) is 14.3. The van der Waals surface area contributed by atoms with Gasteiger partial charge in [-0.3, -0.25) is 9.59 Å². The highest BCUT2D eigenvalue weighted by Gasteiger charge is 2.22. The number of carbonyl (C=O) groups excluding carboxylic acids is 3. The quantitative estimate of drug-likeness (QED) is 0.825. The summed E-state index contributed by atoms with van der Waals surface area (Å²) < 4.78 is 5.17. The number of nitrogens with two attached hydrogens (primary N) is 1. The lowest BCUT2D eigenvalue weighted by atomic mass is 10.00. The van der Waals surface area contributed by atoms with Crippen molar-refractivity contribution in [2.24, 2.45) is 5.73 Å². The SMILES string of the molecule is NC(=O)Cc1ccccc1C(=O)OCC(=O)N1CCc2ccccc2C1. The van der Waals surface area contributed by atoms with E-state index in [0.717, 1.165) is 12.0 Å². The van der Waals surface area contributed by atoms with E-state index < -0.39 is 11.9 Å². The predicted octanol–water partition coefficient (Wildman–Crippen LogP) is 1.46. The Balaban J connectivity index is 1.60. The lowest BCUT2D eigenvalue weighted by Crippen LogP contribution is -2.38. The third-order valence-electron chi connectivity index (χ3n) is 4.41. The van der Waals surface area contributed by atoms with E-state index in [1.165, 1.54) is 5.56 Å². The van der Waals surface area contributed by atoms with Crippen LogP contribution in [0.1, 0.15) is 27.0 Å². The van der Waals surface area contributed by atoms with E-state index >= 15 is 0 Å². The fourth-order valence-corrected chi connectivity index (χ4v) is 3.07. The monoisotopic (exact) mass is 352 g/mol. The van der Waals surface area contributed by atoms with Crippen LogP contribution in [0.25, 0.3) is 0 Å². The number of benzene rings is 2. The van der Waals surface area contributed by atoms with Gasteiger partial charge in [0.15, 0.2) is 6.61 Å². The first-order valence-corrected chi connectivity index (χ1v) is 8.42. The van der Waals surface area contributed by atoms with Crippen LogP contribution >= 0.6 is 0 Å². The molecule has 0 radical (unpaired) electrons. The number of hydrogen-bond acceptors (Lipinski definition) is 4. The van der Waals surface area contributed by atoms with E-state index in [1.54, 1.807) is 29.2 Å². The van der Waals surface area contributed by atoms with Gasteiger partial charge in [0.1, 0.15) is 0 Å². The third-order valence-corrected chi connectivity index (χ3v) is 4.41. The summed E-state index contributed by atoms with van der Waals surface area (Å²) in [7, 11) is 0. The van der Waals surface area contributed by atoms with Gasteiger partial charge in [-0.25, -0.2) is 4.79 Å². The number of nitrogens with zero attached hydrogens (tertiary/aromatic N) is 1. The molecule has 134 valence electrons. The number of rotatable bonds is 5. The summed E-state index contributed by atoms with van der Waals surface area (Å²) >= 11 is 0. The van der Waals surface area contributed by atoms with E-state index in [-0.39, 0.29) is 24.5 Å². The molecule has 6 nitrogen and oxygen atoms in total. The van der Waals surface area contributed by atoms with Crippen LogP contribution in [0.5, 0.6) is 0 Å². The molecule has 2 amide bonds. The van der Waals surface area contributed by atoms with E-state index in [2.05, 4.69) is 6.07 Å². The van der Waals surface area contributed by atoms with Gasteiger partial charge in [0.2, 0.25) is 5.91 Å². The van der Waals surface area contributed by atoms with E-state index in [0.29, 0.717) is 18.7 Å². The molecule has 2 aromatic rings. The van der Waals surface area contributed by atoms with Crippen molar-refractivity contribution in [2.45, 2.75) is 19.4 Å². The van der Waals surface area contributed by atoms with Crippen LogP contribution in [0.4, 0.5) is 0 Å². The maximum Gasteiger partial charge on any atom is 0.338 e. The Morgan fingerprint density at radius 3 is 2.46 bits per heavy atom. The van der Waals surface area contributed by atoms with Crippen LogP contribution in [0.15, 0.2) is 48.5 Å². The summed E-state index contributed by atoms with van der Waals surface area (Å²) in [6, 6.07) is 14.6. The number of fused-ring (bicyclic) bond motifs is 1. The summed E-state index contributed by atoms with van der Waals surface area (Å²) in [5.74, 6) is -1.40. The van der Waals surface area contributed by atoms with Crippen LogP contribution < -0.4 is 5.73 Å². The molecule has 1 heterocycles. The van der Waals surface area contributed by atoms with Gasteiger partial charge in [0.05, 0.1) is 12.0 Å². The Bertz CT molecular complexity index is 847. The Morgan fingerprint density at radius 1 is 1.00 bits per heavy atom. The molecule has 0 aliphatic carbocycles. The predicted molar refractivity (Wildman–Crippen MR) is 95.2 cm³/mol. The van der Waals surface area contributed by atoms with Gasteiger partial charge in [-0.05, 0) is 29.2 Å². The minimum atomic E-state index is -0.632. The Labute approximate surface area is 151 Å². The third kappa shape index (κ3) is 4.08. The molecule has 26 heavy (non-hydrogen) atoms. The van der Waals surface area contributed by atoms with Gasteiger partial charge in [-0.1, -0.05) is 42.5 Å². The number of amides is 2. The summed E-state index contributed by atoms with van der Waals surface area (Å²) in [5.41, 5.74) is 8.30. The molecule has 0 unspecified atom stereocenters. The summed E-state index contributed by atoms with van der Waals surface area (Å²) in [4.78, 5) is 37.5. The van der Waals surface area contributed by atoms with Crippen molar-refractivity contribution in [3.05, 3.63) is 70.8 Å². The molecule has 0 fully saturated rings. The zero-order chi connectivity index (χ0) is 18.5. The number of primary amides is 1. The fraction of sp³-hybridized carbons (Fsp3) is 0.250. The van der Waals surface area contributed by atoms with Gasteiger partial charge in [-0.2, -0.15) is 0 Å². The standard InChI is InChI=1S/C20H20N2O4/c21-18(23)11-15-6-3-4-8-17(15)20(25)26-13-19(24)22-10-9-14-5-1-2-7-16(14)12-22/h1-8H,9-13H2,(H2,21,23). The Morgan fingerprint density at radius 2 is 1.69 bits per heavy atom. The first-order valence-electron chi connectivity index (χ1n) is 8.42. The van der Waals surface area contributed by atoms with Gasteiger partial charge >= 0.3 is 5.97 Å². The summed E-state index contributed by atoms with van der Waals surface area (Å²) in [5, 5.41) is 0. The van der Waals surface area contributed by atoms with E-state index in [1.807, 2.05) is 18.2 Å². The lowest BCUT2D eigenvalue weighted by molar-refractivity contribution is -0.135. The molecular formula is C20H20N2O4. The largest absolute Gasteiger partial charge is 0.452 e. The minimum Gasteiger partial charge on any atom is -0.452 e. The number of esters is 1. The van der Waals surface area contributed by atoms with Crippen LogP contribution in [0.3, 0.4) is 0 Å². The van der Waals surface area contributed by atoms with Crippen molar-refractivity contribution >= 4 is 17.8 Å². The average Bonchev–Trinajstić information content (AvgIpc) is 2.65. The zero-order valence-electron chi connectivity index (χ0n) is 14.3. The maximum absolute atomic E-state index is 12.4. The molecule has 1 aliphatic rings. The van der Waals surface area contributed by atoms with Crippen LogP contribution in [0.2, 0.25) is 0 Å². The van der Waals surface area contributed by atoms with Crippen molar-refractivity contribution in [1.82, 2.24) is 4.90 Å². The molecule has 0 spiro atoms. The van der Waals surface area contributed by atoms with Gasteiger partial charge in [-0.15, -0.1) is 0 Å². The first kappa shape index (κ1) is 17.7. The van der Waals surface area contributed by atoms with Gasteiger partial charge < -0.3 is 15.4 Å². The highest BCUT2D eigenvalue weighted by molar-refractivity contribution is 5.94. The second-order valence-corrected chi connectivity index (χ2v) is 6.21. The van der Waals surface area contributed by atoms with Gasteiger partial charge in [0.25, 0.3) is 5.91 Å². The Kier molecular flexibility index (Phi) is 5.31. The normalized spacial score (nSPS) is 13.0. The average molecular weight is 352 g/mol. The molecule has 0 aromatic heterocycles. The molecular weight excluding hydrogens is 332 g/mol. The minimum absolute atomic E-state index is 0.0534. The number of carbonyl (C=O) groups is 3. The van der Waals surface area contributed by atoms with Crippen molar-refractivity contribution in [1.29, 1.82) is 0 Å². The van der Waals surface area contributed by atoms with Crippen LogP contribution in [-0.2, 0) is 33.7 Å². The van der Waals surface area contributed by atoms with Crippen LogP contribution in [-0.4, -0.2) is 35.8 Å².